The molecule has 1 saturated carbocycles. The second-order valence-corrected chi connectivity index (χ2v) is 4.22. The fraction of sp³-hybridized carbons (Fsp3) is 0.800. The van der Waals surface area contributed by atoms with Gasteiger partial charge in [-0.3, -0.25) is 0 Å². The number of carboxylic acids is 1. The van der Waals surface area contributed by atoms with E-state index in [1.807, 2.05) is 0 Å². The number of hydrogen-bond donors (Lipinski definition) is 2. The Labute approximate surface area is 102 Å². The normalized spacial score (nSPS) is 17.1. The largest absolute Gasteiger partial charge is 0.480 e. The van der Waals surface area contributed by atoms with Gasteiger partial charge in [0.15, 0.2) is 0 Å². The van der Waals surface area contributed by atoms with E-state index in [0.29, 0.717) is 17.7 Å². The average molecular weight is 268 g/mol. The minimum absolute atomic E-state index is 0.117. The molecule has 1 rings (SSSR count). The van der Waals surface area contributed by atoms with Crippen LogP contribution >= 0.6 is 0 Å². The number of aliphatic carboxylic acids is 1. The van der Waals surface area contributed by atoms with Gasteiger partial charge in [-0.2, -0.15) is 13.2 Å². The molecule has 1 aliphatic rings. The predicted octanol–water partition coefficient (Wildman–Crippen LogP) is 1.59. The van der Waals surface area contributed by atoms with Crippen molar-refractivity contribution in [2.45, 2.75) is 44.4 Å². The Balaban J connectivity index is 2.62. The Morgan fingerprint density at radius 1 is 1.44 bits per heavy atom. The Hall–Kier alpha value is -1.47. The predicted molar refractivity (Wildman–Crippen MR) is 56.0 cm³/mol. The maximum absolute atomic E-state index is 12.3. The van der Waals surface area contributed by atoms with Crippen molar-refractivity contribution >= 4 is 12.0 Å². The van der Waals surface area contributed by atoms with Crippen LogP contribution in [-0.2, 0) is 4.79 Å². The summed E-state index contributed by atoms with van der Waals surface area (Å²) >= 11 is 0. The Kier molecular flexibility index (Phi) is 4.42. The van der Waals surface area contributed by atoms with Crippen molar-refractivity contribution in [3.63, 3.8) is 0 Å². The number of nitrogens with zero attached hydrogens (tertiary/aromatic N) is 1. The molecule has 18 heavy (non-hydrogen) atoms. The van der Waals surface area contributed by atoms with Crippen LogP contribution in [0.5, 0.6) is 0 Å². The van der Waals surface area contributed by atoms with E-state index < -0.39 is 36.8 Å². The van der Waals surface area contributed by atoms with E-state index in [-0.39, 0.29) is 6.42 Å². The minimum atomic E-state index is -4.48. The second-order valence-electron chi connectivity index (χ2n) is 4.22. The molecule has 0 heterocycles. The number of amides is 2. The summed E-state index contributed by atoms with van der Waals surface area (Å²) in [5.41, 5.74) is 0. The van der Waals surface area contributed by atoms with Crippen LogP contribution < -0.4 is 5.32 Å². The second kappa shape index (κ2) is 5.45. The summed E-state index contributed by atoms with van der Waals surface area (Å²) in [6.45, 7) is 0.184. The van der Waals surface area contributed by atoms with E-state index >= 15 is 0 Å². The molecule has 0 radical (unpaired) electrons. The van der Waals surface area contributed by atoms with E-state index in [1.54, 1.807) is 0 Å². The molecule has 0 spiro atoms. The van der Waals surface area contributed by atoms with Crippen LogP contribution in [0.1, 0.15) is 26.2 Å². The van der Waals surface area contributed by atoms with Crippen LogP contribution in [-0.4, -0.2) is 46.8 Å². The SMILES string of the molecule is CCC(NC(=O)N(CC(F)(F)F)C1CC1)C(=O)O. The van der Waals surface area contributed by atoms with Crippen molar-refractivity contribution in [3.8, 4) is 0 Å². The van der Waals surface area contributed by atoms with Gasteiger partial charge in [-0.25, -0.2) is 9.59 Å². The van der Waals surface area contributed by atoms with E-state index in [2.05, 4.69) is 5.32 Å². The van der Waals surface area contributed by atoms with Gasteiger partial charge in [0.25, 0.3) is 0 Å². The highest BCUT2D eigenvalue weighted by Crippen LogP contribution is 2.30. The van der Waals surface area contributed by atoms with Crippen molar-refractivity contribution in [2.24, 2.45) is 0 Å². The lowest BCUT2D eigenvalue weighted by Crippen LogP contribution is -2.51. The van der Waals surface area contributed by atoms with Crippen molar-refractivity contribution in [1.29, 1.82) is 0 Å². The molecule has 2 amide bonds. The lowest BCUT2D eigenvalue weighted by molar-refractivity contribution is -0.141. The lowest BCUT2D eigenvalue weighted by atomic mass is 10.2. The summed E-state index contributed by atoms with van der Waals surface area (Å²) in [6.07, 6.45) is -3.32. The molecule has 0 saturated heterocycles. The number of carboxylic acid groups (broad SMARTS) is 1. The van der Waals surface area contributed by atoms with E-state index in [9.17, 15) is 22.8 Å². The van der Waals surface area contributed by atoms with Crippen LogP contribution in [0.25, 0.3) is 0 Å². The average Bonchev–Trinajstić information content (AvgIpc) is 3.04. The third-order valence-corrected chi connectivity index (χ3v) is 2.60. The number of rotatable bonds is 5. The molecule has 5 nitrogen and oxygen atoms in total. The lowest BCUT2D eigenvalue weighted by Gasteiger charge is -2.25. The third kappa shape index (κ3) is 4.42. The van der Waals surface area contributed by atoms with E-state index in [4.69, 9.17) is 5.11 Å². The summed E-state index contributed by atoms with van der Waals surface area (Å²) in [4.78, 5) is 23.0. The van der Waals surface area contributed by atoms with Crippen LogP contribution in [0, 0.1) is 0 Å². The van der Waals surface area contributed by atoms with Crippen LogP contribution in [0.3, 0.4) is 0 Å². The molecule has 1 fully saturated rings. The monoisotopic (exact) mass is 268 g/mol. The van der Waals surface area contributed by atoms with Crippen molar-refractivity contribution in [2.75, 3.05) is 6.54 Å². The standard InChI is InChI=1S/C10H15F3N2O3/c1-2-7(8(16)17)14-9(18)15(6-3-4-6)5-10(11,12)13/h6-7H,2-5H2,1H3,(H,14,18)(H,16,17). The van der Waals surface area contributed by atoms with Gasteiger partial charge in [-0.05, 0) is 19.3 Å². The zero-order valence-electron chi connectivity index (χ0n) is 9.83. The quantitative estimate of drug-likeness (QED) is 0.795. The molecule has 1 aliphatic carbocycles. The first-order valence-corrected chi connectivity index (χ1v) is 5.61. The Morgan fingerprint density at radius 3 is 2.33 bits per heavy atom. The summed E-state index contributed by atoms with van der Waals surface area (Å²) in [6, 6.07) is -2.56. The van der Waals surface area contributed by atoms with Gasteiger partial charge in [-0.1, -0.05) is 6.92 Å². The van der Waals surface area contributed by atoms with Gasteiger partial charge in [0.2, 0.25) is 0 Å². The highest BCUT2D eigenvalue weighted by atomic mass is 19.4. The smallest absolute Gasteiger partial charge is 0.406 e. The number of alkyl halides is 3. The van der Waals surface area contributed by atoms with Gasteiger partial charge in [0.05, 0.1) is 0 Å². The summed E-state index contributed by atoms with van der Waals surface area (Å²) < 4.78 is 36.9. The molecule has 0 aromatic heterocycles. The maximum atomic E-state index is 12.3. The number of carbonyl (C=O) groups is 2. The van der Waals surface area contributed by atoms with Gasteiger partial charge < -0.3 is 15.3 Å². The topological polar surface area (TPSA) is 69.6 Å². The maximum Gasteiger partial charge on any atom is 0.406 e. The minimum Gasteiger partial charge on any atom is -0.480 e. The van der Waals surface area contributed by atoms with Crippen LogP contribution in [0.4, 0.5) is 18.0 Å². The van der Waals surface area contributed by atoms with Crippen molar-refractivity contribution in [3.05, 3.63) is 0 Å². The highest BCUT2D eigenvalue weighted by Gasteiger charge is 2.41. The number of hydrogen-bond acceptors (Lipinski definition) is 2. The number of halogens is 3. The van der Waals surface area contributed by atoms with Crippen molar-refractivity contribution in [1.82, 2.24) is 10.2 Å². The summed E-state index contributed by atoms with van der Waals surface area (Å²) in [5.74, 6) is -1.26. The number of nitrogens with one attached hydrogen (secondary N) is 1. The molecule has 0 bridgehead atoms. The van der Waals surface area contributed by atoms with Crippen LogP contribution in [0.15, 0.2) is 0 Å². The fourth-order valence-electron chi connectivity index (χ4n) is 1.52. The zero-order chi connectivity index (χ0) is 13.9. The molecule has 1 unspecified atom stereocenters. The molecule has 2 N–H and O–H groups in total. The number of carbonyl (C=O) groups excluding carboxylic acids is 1. The number of urea groups is 1. The molecule has 0 aromatic rings. The first kappa shape index (κ1) is 14.6. The first-order valence-electron chi connectivity index (χ1n) is 5.61. The Morgan fingerprint density at radius 2 is 2.00 bits per heavy atom. The molecular formula is C10H15F3N2O3. The zero-order valence-corrected chi connectivity index (χ0v) is 9.83. The Bertz CT molecular complexity index is 329. The van der Waals surface area contributed by atoms with Gasteiger partial charge in [0.1, 0.15) is 12.6 Å². The van der Waals surface area contributed by atoms with Gasteiger partial charge >= 0.3 is 18.2 Å². The third-order valence-electron chi connectivity index (χ3n) is 2.60. The molecule has 0 aromatic carbocycles. The molecular weight excluding hydrogens is 253 g/mol. The first-order chi connectivity index (χ1) is 8.24. The molecule has 8 heteroatoms. The molecule has 0 aliphatic heterocycles. The molecule has 1 atom stereocenters. The fourth-order valence-corrected chi connectivity index (χ4v) is 1.52. The van der Waals surface area contributed by atoms with Gasteiger partial charge in [-0.15, -0.1) is 0 Å². The summed E-state index contributed by atoms with van der Waals surface area (Å²) in [5, 5.41) is 10.8. The van der Waals surface area contributed by atoms with Gasteiger partial charge in [0, 0.05) is 6.04 Å². The summed E-state index contributed by atoms with van der Waals surface area (Å²) in [7, 11) is 0. The van der Waals surface area contributed by atoms with Crippen LogP contribution in [0.2, 0.25) is 0 Å². The van der Waals surface area contributed by atoms with E-state index in [1.165, 1.54) is 6.92 Å². The molecule has 104 valence electrons. The van der Waals surface area contributed by atoms with E-state index in [0.717, 1.165) is 0 Å². The van der Waals surface area contributed by atoms with Crippen molar-refractivity contribution < 1.29 is 27.9 Å². The highest BCUT2D eigenvalue weighted by molar-refractivity contribution is 5.82.